The SMILES string of the molecule is COc1ccc(C(C)C)cc1S(=O)(=O)N1CCC(C(=O)NC2CCCc3ccccc32)CC1. The van der Waals surface area contributed by atoms with Crippen molar-refractivity contribution in [2.24, 2.45) is 5.92 Å². The number of amides is 1. The number of sulfonamides is 1. The fraction of sp³-hybridized carbons (Fsp3) is 0.500. The summed E-state index contributed by atoms with van der Waals surface area (Å²) in [6.45, 7) is 4.73. The first-order valence-corrected chi connectivity index (χ1v) is 13.3. The van der Waals surface area contributed by atoms with E-state index < -0.39 is 10.0 Å². The zero-order valence-electron chi connectivity index (χ0n) is 19.7. The highest BCUT2D eigenvalue weighted by Gasteiger charge is 2.35. The van der Waals surface area contributed by atoms with E-state index in [1.165, 1.54) is 22.5 Å². The second kappa shape index (κ2) is 9.85. The Bertz CT molecular complexity index is 1110. The van der Waals surface area contributed by atoms with Gasteiger partial charge in [-0.1, -0.05) is 44.2 Å². The molecule has 0 spiro atoms. The highest BCUT2D eigenvalue weighted by Crippen LogP contribution is 2.33. The second-order valence-electron chi connectivity index (χ2n) is 9.40. The Labute approximate surface area is 197 Å². The third-order valence-electron chi connectivity index (χ3n) is 6.98. The lowest BCUT2D eigenvalue weighted by molar-refractivity contribution is -0.127. The van der Waals surface area contributed by atoms with Crippen LogP contribution in [0.1, 0.15) is 68.2 Å². The Kier molecular flexibility index (Phi) is 7.10. The van der Waals surface area contributed by atoms with E-state index in [0.717, 1.165) is 24.8 Å². The molecule has 1 heterocycles. The van der Waals surface area contributed by atoms with Crippen molar-refractivity contribution in [1.82, 2.24) is 9.62 Å². The highest BCUT2D eigenvalue weighted by atomic mass is 32.2. The molecule has 1 unspecified atom stereocenters. The van der Waals surface area contributed by atoms with E-state index in [-0.39, 0.29) is 28.7 Å². The van der Waals surface area contributed by atoms with Gasteiger partial charge in [-0.15, -0.1) is 0 Å². The predicted molar refractivity (Wildman–Crippen MR) is 129 cm³/mol. The quantitative estimate of drug-likeness (QED) is 0.678. The van der Waals surface area contributed by atoms with Crippen molar-refractivity contribution in [1.29, 1.82) is 0 Å². The lowest BCUT2D eigenvalue weighted by atomic mass is 9.87. The van der Waals surface area contributed by atoms with E-state index in [2.05, 4.69) is 17.4 Å². The van der Waals surface area contributed by atoms with Crippen molar-refractivity contribution < 1.29 is 17.9 Å². The van der Waals surface area contributed by atoms with Gasteiger partial charge in [0.05, 0.1) is 13.2 Å². The predicted octanol–water partition coefficient (Wildman–Crippen LogP) is 4.41. The molecular formula is C26H34N2O4S. The van der Waals surface area contributed by atoms with E-state index in [1.807, 2.05) is 32.0 Å². The van der Waals surface area contributed by atoms with E-state index in [0.29, 0.717) is 31.7 Å². The molecule has 1 saturated heterocycles. The van der Waals surface area contributed by atoms with Crippen molar-refractivity contribution in [2.75, 3.05) is 20.2 Å². The Morgan fingerprint density at radius 1 is 1.09 bits per heavy atom. The number of hydrogen-bond donors (Lipinski definition) is 1. The van der Waals surface area contributed by atoms with E-state index in [9.17, 15) is 13.2 Å². The van der Waals surface area contributed by atoms with Crippen LogP contribution in [0.25, 0.3) is 0 Å². The molecule has 2 aromatic rings. The Hall–Kier alpha value is -2.38. The van der Waals surface area contributed by atoms with Gasteiger partial charge in [0, 0.05) is 19.0 Å². The number of piperidine rings is 1. The highest BCUT2D eigenvalue weighted by molar-refractivity contribution is 7.89. The largest absolute Gasteiger partial charge is 0.495 e. The van der Waals surface area contributed by atoms with Crippen LogP contribution >= 0.6 is 0 Å². The average Bonchev–Trinajstić information content (AvgIpc) is 2.83. The van der Waals surface area contributed by atoms with Crippen LogP contribution in [0.3, 0.4) is 0 Å². The van der Waals surface area contributed by atoms with Gasteiger partial charge < -0.3 is 10.1 Å². The van der Waals surface area contributed by atoms with Crippen molar-refractivity contribution in [2.45, 2.75) is 62.8 Å². The minimum absolute atomic E-state index is 0.0353. The van der Waals surface area contributed by atoms with Gasteiger partial charge in [0.25, 0.3) is 0 Å². The molecule has 0 saturated carbocycles. The number of nitrogens with one attached hydrogen (secondary N) is 1. The number of hydrogen-bond acceptors (Lipinski definition) is 4. The topological polar surface area (TPSA) is 75.7 Å². The minimum Gasteiger partial charge on any atom is -0.495 e. The van der Waals surface area contributed by atoms with E-state index in [4.69, 9.17) is 4.74 Å². The van der Waals surface area contributed by atoms with Gasteiger partial charge in [-0.05, 0) is 66.8 Å². The van der Waals surface area contributed by atoms with Gasteiger partial charge in [-0.25, -0.2) is 8.42 Å². The van der Waals surface area contributed by atoms with Gasteiger partial charge in [-0.3, -0.25) is 4.79 Å². The summed E-state index contributed by atoms with van der Waals surface area (Å²) in [4.78, 5) is 13.2. The number of nitrogens with zero attached hydrogens (tertiary/aromatic N) is 1. The molecule has 178 valence electrons. The van der Waals surface area contributed by atoms with Crippen LogP contribution in [-0.2, 0) is 21.2 Å². The molecule has 6 nitrogen and oxygen atoms in total. The lowest BCUT2D eigenvalue weighted by Gasteiger charge is -2.33. The van der Waals surface area contributed by atoms with Crippen LogP contribution < -0.4 is 10.1 Å². The maximum Gasteiger partial charge on any atom is 0.246 e. The molecule has 1 N–H and O–H groups in total. The van der Waals surface area contributed by atoms with Gasteiger partial charge in [-0.2, -0.15) is 4.31 Å². The zero-order chi connectivity index (χ0) is 23.6. The Morgan fingerprint density at radius 2 is 1.82 bits per heavy atom. The normalized spacial score (nSPS) is 19.8. The third-order valence-corrected chi connectivity index (χ3v) is 8.90. The lowest BCUT2D eigenvalue weighted by Crippen LogP contribution is -2.44. The van der Waals surface area contributed by atoms with Crippen molar-refractivity contribution >= 4 is 15.9 Å². The number of aryl methyl sites for hydroxylation is 1. The second-order valence-corrected chi connectivity index (χ2v) is 11.3. The molecule has 2 aromatic carbocycles. The number of rotatable bonds is 6. The van der Waals surface area contributed by atoms with Crippen LogP contribution in [0.2, 0.25) is 0 Å². The van der Waals surface area contributed by atoms with Gasteiger partial charge in [0.2, 0.25) is 15.9 Å². The van der Waals surface area contributed by atoms with Crippen LogP contribution in [0, 0.1) is 5.92 Å². The summed E-state index contributed by atoms with van der Waals surface area (Å²) in [7, 11) is -2.21. The van der Waals surface area contributed by atoms with E-state index >= 15 is 0 Å². The number of fused-ring (bicyclic) bond motifs is 1. The first-order valence-electron chi connectivity index (χ1n) is 11.9. The van der Waals surface area contributed by atoms with Crippen molar-refractivity contribution in [3.63, 3.8) is 0 Å². The average molecular weight is 471 g/mol. The van der Waals surface area contributed by atoms with Crippen LogP contribution in [0.4, 0.5) is 0 Å². The summed E-state index contributed by atoms with van der Waals surface area (Å²) in [5.74, 6) is 0.432. The van der Waals surface area contributed by atoms with E-state index in [1.54, 1.807) is 12.1 Å². The van der Waals surface area contributed by atoms with Crippen molar-refractivity contribution in [3.8, 4) is 5.75 Å². The fourth-order valence-electron chi connectivity index (χ4n) is 4.94. The van der Waals surface area contributed by atoms with Crippen LogP contribution in [0.15, 0.2) is 47.4 Å². The summed E-state index contributed by atoms with van der Waals surface area (Å²) < 4.78 is 33.7. The molecule has 0 aromatic heterocycles. The molecule has 0 radical (unpaired) electrons. The molecule has 0 bridgehead atoms. The van der Waals surface area contributed by atoms with Gasteiger partial charge in [0.1, 0.15) is 10.6 Å². The summed E-state index contributed by atoms with van der Waals surface area (Å²) >= 11 is 0. The molecule has 1 atom stereocenters. The molecule has 1 amide bonds. The summed E-state index contributed by atoms with van der Waals surface area (Å²) in [5, 5.41) is 3.24. The molecule has 2 aliphatic rings. The minimum atomic E-state index is -3.70. The molecule has 1 fully saturated rings. The monoisotopic (exact) mass is 470 g/mol. The standard InChI is InChI=1S/C26H34N2O4S/c1-18(2)21-11-12-24(32-3)25(17-21)33(30,31)28-15-13-20(14-16-28)26(29)27-23-10-6-8-19-7-4-5-9-22(19)23/h4-5,7,9,11-12,17-18,20,23H,6,8,10,13-16H2,1-3H3,(H,27,29). The van der Waals surface area contributed by atoms with Crippen LogP contribution in [-0.4, -0.2) is 38.8 Å². The summed E-state index contributed by atoms with van der Waals surface area (Å²) in [6, 6.07) is 13.7. The Morgan fingerprint density at radius 3 is 2.52 bits per heavy atom. The van der Waals surface area contributed by atoms with Gasteiger partial charge in [0.15, 0.2) is 0 Å². The van der Waals surface area contributed by atoms with Crippen LogP contribution in [0.5, 0.6) is 5.75 Å². The molecule has 1 aliphatic carbocycles. The molecule has 1 aliphatic heterocycles. The van der Waals surface area contributed by atoms with Gasteiger partial charge >= 0.3 is 0 Å². The number of carbonyl (C=O) groups excluding carboxylic acids is 1. The Balaban J connectivity index is 1.43. The summed E-state index contributed by atoms with van der Waals surface area (Å²) in [5.41, 5.74) is 3.48. The summed E-state index contributed by atoms with van der Waals surface area (Å²) in [6.07, 6.45) is 4.11. The molecule has 33 heavy (non-hydrogen) atoms. The zero-order valence-corrected chi connectivity index (χ0v) is 20.5. The first kappa shape index (κ1) is 23.8. The maximum atomic E-state index is 13.4. The number of carbonyl (C=O) groups is 1. The fourth-order valence-corrected chi connectivity index (χ4v) is 6.61. The first-order chi connectivity index (χ1) is 15.8. The maximum absolute atomic E-state index is 13.4. The molecule has 4 rings (SSSR count). The third kappa shape index (κ3) is 4.94. The number of methoxy groups -OCH3 is 1. The number of benzene rings is 2. The van der Waals surface area contributed by atoms with Crippen molar-refractivity contribution in [3.05, 3.63) is 59.2 Å². The smallest absolute Gasteiger partial charge is 0.246 e. The number of ether oxygens (including phenoxy) is 1. The molecular weight excluding hydrogens is 436 g/mol. The molecule has 7 heteroatoms.